The Labute approximate surface area is 488 Å². The van der Waals surface area contributed by atoms with Gasteiger partial charge in [-0.05, 0) is 137 Å². The summed E-state index contributed by atoms with van der Waals surface area (Å²) in [6, 6.07) is 0. The Balaban J connectivity index is 1.31. The molecule has 0 amide bonds. The Morgan fingerprint density at radius 2 is 1.31 bits per heavy atom. The number of rotatable bonds is 26. The lowest BCUT2D eigenvalue weighted by Crippen LogP contribution is -2.50. The van der Waals surface area contributed by atoms with Crippen LogP contribution in [0.15, 0.2) is 0 Å². The second-order valence-corrected chi connectivity index (χ2v) is 42.8. The Bertz CT molecular complexity index is 2240. The first-order valence-corrected chi connectivity index (χ1v) is 40.5. The van der Waals surface area contributed by atoms with Crippen molar-refractivity contribution in [2.75, 3.05) is 39.6 Å². The van der Waals surface area contributed by atoms with E-state index in [1.165, 1.54) is 11.3 Å². The number of aliphatic hydroxyl groups is 1. The van der Waals surface area contributed by atoms with Crippen molar-refractivity contribution in [2.45, 2.75) is 182 Å². The Morgan fingerprint density at radius 3 is 1.86 bits per heavy atom. The number of aliphatic carboxylic acids is 1. The molecule has 4 saturated carbocycles. The van der Waals surface area contributed by atoms with Crippen LogP contribution < -0.4 is 0 Å². The van der Waals surface area contributed by atoms with Crippen molar-refractivity contribution in [1.29, 1.82) is 0 Å². The van der Waals surface area contributed by atoms with E-state index in [4.69, 9.17) is 32.8 Å². The number of hydrogen-bond donors (Lipinski definition) is 2. The molecule has 2 saturated heterocycles. The fourth-order valence-electron chi connectivity index (χ4n) is 15.8. The lowest BCUT2D eigenvalue weighted by Gasteiger charge is -2.47. The van der Waals surface area contributed by atoms with Gasteiger partial charge >= 0.3 is 47.8 Å². The van der Waals surface area contributed by atoms with Gasteiger partial charge in [-0.1, -0.05) is 86.4 Å². The van der Waals surface area contributed by atoms with Crippen LogP contribution in [0.1, 0.15) is 128 Å². The molecular weight excluding hydrogens is 1100 g/mol. The summed E-state index contributed by atoms with van der Waals surface area (Å²) >= 11 is 0. The smallest absolute Gasteiger partial charge is 0.317 e. The van der Waals surface area contributed by atoms with Crippen LogP contribution in [-0.2, 0) is 71.2 Å². The fraction of sp³-hybridized carbons (Fsp3) is 0.867. The van der Waals surface area contributed by atoms with E-state index in [0.717, 1.165) is 11.3 Å². The summed E-state index contributed by atoms with van der Waals surface area (Å²) in [4.78, 5) is 112. The summed E-state index contributed by atoms with van der Waals surface area (Å²) < 4.78 is 41.9. The molecule has 17 nitrogen and oxygen atoms in total. The Hall–Kier alpha value is -3.25. The zero-order valence-corrected chi connectivity index (χ0v) is 55.5. The largest absolute Gasteiger partial charge is 0.481 e. The second-order valence-electron chi connectivity index (χ2n) is 28.2. The number of carbonyl (C=O) groups excluding carboxylic acids is 7. The topological polar surface area (TPSA) is 242 Å². The van der Waals surface area contributed by atoms with Crippen molar-refractivity contribution in [3.05, 3.63) is 0 Å². The molecule has 0 spiro atoms. The molecule has 457 valence electrons. The number of carboxylic acids is 1. The minimum atomic E-state index is -2.10. The van der Waals surface area contributed by atoms with E-state index < -0.39 is 149 Å². The zero-order chi connectivity index (χ0) is 60.3. The molecule has 6 fully saturated rings. The van der Waals surface area contributed by atoms with E-state index >= 15 is 0 Å². The number of aliphatic hydroxyl groups excluding tert-OH is 1. The molecule has 16 unspecified atom stereocenters. The molecule has 6 rings (SSSR count). The quantitative estimate of drug-likeness (QED) is 0.0270. The van der Waals surface area contributed by atoms with Crippen molar-refractivity contribution in [3.63, 3.8) is 0 Å². The number of esters is 7. The van der Waals surface area contributed by atoms with Gasteiger partial charge < -0.3 is 43.1 Å². The van der Waals surface area contributed by atoms with E-state index in [-0.39, 0.29) is 96.8 Å². The van der Waals surface area contributed by atoms with Crippen LogP contribution in [0.2, 0.25) is 48.9 Å². The van der Waals surface area contributed by atoms with E-state index in [0.29, 0.717) is 38.5 Å². The van der Waals surface area contributed by atoms with Gasteiger partial charge in [-0.25, -0.2) is 0 Å². The highest BCUT2D eigenvalue weighted by Gasteiger charge is 2.70. The van der Waals surface area contributed by atoms with Crippen molar-refractivity contribution >= 4 is 82.5 Å². The molecular formula is C60H99O17Si4. The molecule has 2 heterocycles. The molecule has 2 aliphatic heterocycles. The monoisotopic (exact) mass is 1200 g/mol. The van der Waals surface area contributed by atoms with Gasteiger partial charge in [0, 0.05) is 37.2 Å². The summed E-state index contributed by atoms with van der Waals surface area (Å²) in [5.74, 6) is -15.5. The van der Waals surface area contributed by atoms with Crippen molar-refractivity contribution in [3.8, 4) is 0 Å². The highest BCUT2D eigenvalue weighted by Crippen LogP contribution is 2.70. The molecule has 0 aromatic heterocycles. The Morgan fingerprint density at radius 1 is 0.704 bits per heavy atom. The third kappa shape index (κ3) is 15.8. The number of carboxylic acid groups (broad SMARTS) is 1. The van der Waals surface area contributed by atoms with Gasteiger partial charge in [-0.2, -0.15) is 0 Å². The average molecular weight is 1200 g/mol. The van der Waals surface area contributed by atoms with Crippen LogP contribution in [0.3, 0.4) is 0 Å². The SMILES string of the molecule is CCC(C)C(=O)OCC(C)(C)COC(=O)C(C)CC(CC1C(=O)OC(=O)C1C1C2CC(CC2C(=O)OC(C)(C)C)C1C1C(C)C2CC1C(C(=O)OCC(CC)(CC)CO)C2C(=O)O)C(=O)OCCO[Si]1(C)C[Si](C)C[Si](C)C[Si](C)C1. The number of hydrogen-bond acceptors (Lipinski definition) is 16. The minimum absolute atomic E-state index is 0.0191. The lowest BCUT2D eigenvalue weighted by molar-refractivity contribution is -0.170. The van der Waals surface area contributed by atoms with Crippen LogP contribution in [0, 0.1) is 106 Å². The van der Waals surface area contributed by atoms with Crippen LogP contribution in [-0.4, -0.2) is 138 Å². The fourth-order valence-corrected chi connectivity index (χ4v) is 42.2. The highest BCUT2D eigenvalue weighted by molar-refractivity contribution is 6.98. The summed E-state index contributed by atoms with van der Waals surface area (Å²) in [6.45, 7) is 29.6. The van der Waals surface area contributed by atoms with Crippen molar-refractivity contribution < 1.29 is 81.4 Å². The summed E-state index contributed by atoms with van der Waals surface area (Å²) in [5.41, 5.74) is 2.76. The predicted molar refractivity (Wildman–Crippen MR) is 310 cm³/mol. The summed E-state index contributed by atoms with van der Waals surface area (Å²) in [7, 11) is -3.55. The molecule has 0 aromatic carbocycles. The number of fused-ring (bicyclic) bond motifs is 4. The summed E-state index contributed by atoms with van der Waals surface area (Å²) in [6.07, 6.45) is 2.82. The molecule has 81 heavy (non-hydrogen) atoms. The number of cyclic esters (lactones) is 2. The maximum Gasteiger partial charge on any atom is 0.317 e. The van der Waals surface area contributed by atoms with E-state index in [9.17, 15) is 48.6 Å². The summed E-state index contributed by atoms with van der Waals surface area (Å²) in [5, 5.41) is 21.1. The van der Waals surface area contributed by atoms with Gasteiger partial charge in [-0.3, -0.25) is 38.4 Å². The normalized spacial score (nSPS) is 31.9. The van der Waals surface area contributed by atoms with Crippen molar-refractivity contribution in [1.82, 2.24) is 0 Å². The molecule has 2 N–H and O–H groups in total. The van der Waals surface area contributed by atoms with Crippen molar-refractivity contribution in [2.24, 2.45) is 106 Å². The maximum absolute atomic E-state index is 14.7. The van der Waals surface area contributed by atoms with Gasteiger partial charge in [0.15, 0.2) is 8.32 Å². The first kappa shape index (κ1) is 66.9. The molecule has 0 aromatic rings. The van der Waals surface area contributed by atoms with E-state index in [1.807, 2.05) is 41.5 Å². The Kier molecular flexibility index (Phi) is 22.6. The maximum atomic E-state index is 14.7. The van der Waals surface area contributed by atoms with Gasteiger partial charge in [0.1, 0.15) is 12.2 Å². The molecule has 4 bridgehead atoms. The number of ether oxygens (including phenoxy) is 6. The van der Waals surface area contributed by atoms with Gasteiger partial charge in [-0.15, -0.1) is 0 Å². The minimum Gasteiger partial charge on any atom is -0.481 e. The van der Waals surface area contributed by atoms with E-state index in [1.54, 1.807) is 34.6 Å². The molecule has 6 aliphatic rings. The highest BCUT2D eigenvalue weighted by atomic mass is 28.4. The third-order valence-corrected chi connectivity index (χ3v) is 41.3. The second kappa shape index (κ2) is 27.4. The number of carbonyl (C=O) groups is 8. The van der Waals surface area contributed by atoms with Gasteiger partial charge in [0.2, 0.25) is 0 Å². The van der Waals surface area contributed by atoms with Gasteiger partial charge in [0.25, 0.3) is 0 Å². The van der Waals surface area contributed by atoms with E-state index in [2.05, 4.69) is 26.2 Å². The molecule has 16 atom stereocenters. The van der Waals surface area contributed by atoms with Crippen LogP contribution in [0.4, 0.5) is 0 Å². The zero-order valence-electron chi connectivity index (χ0n) is 51.5. The molecule has 4 aliphatic carbocycles. The molecule has 21 heteroatoms. The average Bonchev–Trinajstić information content (AvgIpc) is 4.39. The third-order valence-electron chi connectivity index (χ3n) is 19.9. The van der Waals surface area contributed by atoms with Crippen LogP contribution in [0.25, 0.3) is 0 Å². The first-order valence-electron chi connectivity index (χ1n) is 30.4. The predicted octanol–water partition coefficient (Wildman–Crippen LogP) is 8.96. The van der Waals surface area contributed by atoms with Gasteiger partial charge in [0.05, 0.1) is 80.4 Å². The first-order chi connectivity index (χ1) is 37.8. The molecule has 3 radical (unpaired) electrons. The lowest BCUT2D eigenvalue weighted by atomic mass is 9.55. The standard InChI is InChI=1S/C60H99O17Si4/c1-16-34(4)51(64)72-27-59(10,11)28-73-52(65)35(5)21-38(53(66)71-19-20-75-81(15)32-79(13)30-78(12)31-80(14)33-81)24-43-49(57(70)76-54(43)67)46-40-22-37(23-41(40)55(68)77-58(7,8)9)45(46)44-36(6)39-25-42(44)48(47(39)50(62)63)56(69)74-29-60(17-2,18-3)26-61/h34-49,61H,16-33H2,1-15H3,(H,62,63). The van der Waals surface area contributed by atoms with Crippen LogP contribution >= 0.6 is 0 Å². The van der Waals surface area contributed by atoms with Crippen LogP contribution in [0.5, 0.6) is 0 Å².